The Morgan fingerprint density at radius 2 is 1.93 bits per heavy atom. The molecule has 0 aliphatic carbocycles. The number of aromatic nitrogens is 2. The second kappa shape index (κ2) is 4.00. The topological polar surface area (TPSA) is 35.0 Å². The molecule has 5 heteroatoms. The molecule has 1 radical (unpaired) electrons. The molecule has 0 bridgehead atoms. The van der Waals surface area contributed by atoms with Crippen molar-refractivity contribution in [2.45, 2.75) is 0 Å². The third-order valence-corrected chi connectivity index (χ3v) is 1.63. The van der Waals surface area contributed by atoms with E-state index < -0.39 is 17.4 Å². The molecule has 15 heavy (non-hydrogen) atoms. The minimum Gasteiger partial charge on any atom is -0.433 e. The number of benzene rings is 1. The van der Waals surface area contributed by atoms with Crippen LogP contribution in [0.5, 0.6) is 11.6 Å². The van der Waals surface area contributed by atoms with Gasteiger partial charge < -0.3 is 4.74 Å². The fourth-order valence-electron chi connectivity index (χ4n) is 0.989. The fraction of sp³-hybridized carbons (Fsp3) is 0. The van der Waals surface area contributed by atoms with E-state index in [0.717, 1.165) is 12.1 Å². The minimum absolute atomic E-state index is 0.0361. The molecule has 0 atom stereocenters. The SMILES string of the molecule is Fc1cccc(F)c1Oc1c[c]ncn1. The lowest BCUT2D eigenvalue weighted by Crippen LogP contribution is -1.94. The Morgan fingerprint density at radius 1 is 1.20 bits per heavy atom. The van der Waals surface area contributed by atoms with E-state index in [0.29, 0.717) is 0 Å². The summed E-state index contributed by atoms with van der Waals surface area (Å²) in [5.74, 6) is -2.01. The summed E-state index contributed by atoms with van der Waals surface area (Å²) in [7, 11) is 0. The Kier molecular flexibility index (Phi) is 2.53. The summed E-state index contributed by atoms with van der Waals surface area (Å²) in [6.45, 7) is 0. The summed E-state index contributed by atoms with van der Waals surface area (Å²) < 4.78 is 31.1. The molecule has 2 aromatic rings. The first kappa shape index (κ1) is 9.51. The molecule has 3 nitrogen and oxygen atoms in total. The third kappa shape index (κ3) is 2.07. The molecule has 75 valence electrons. The zero-order valence-electron chi connectivity index (χ0n) is 7.45. The van der Waals surface area contributed by atoms with Crippen molar-refractivity contribution in [3.05, 3.63) is 48.4 Å². The maximum absolute atomic E-state index is 13.1. The summed E-state index contributed by atoms with van der Waals surface area (Å²) in [4.78, 5) is 7.19. The van der Waals surface area contributed by atoms with Crippen LogP contribution in [0.15, 0.2) is 30.6 Å². The monoisotopic (exact) mass is 207 g/mol. The van der Waals surface area contributed by atoms with Crippen LogP contribution in [0.25, 0.3) is 0 Å². The van der Waals surface area contributed by atoms with Crippen molar-refractivity contribution in [3.63, 3.8) is 0 Å². The quantitative estimate of drug-likeness (QED) is 0.758. The molecule has 0 amide bonds. The van der Waals surface area contributed by atoms with E-state index in [9.17, 15) is 8.78 Å². The zero-order chi connectivity index (χ0) is 10.7. The Morgan fingerprint density at radius 3 is 2.53 bits per heavy atom. The lowest BCUT2D eigenvalue weighted by Gasteiger charge is -2.05. The van der Waals surface area contributed by atoms with Crippen LogP contribution in [0.1, 0.15) is 0 Å². The molecular formula is C10H5F2N2O. The summed E-state index contributed by atoms with van der Waals surface area (Å²) in [5, 5.41) is 0. The molecule has 0 aliphatic rings. The van der Waals surface area contributed by atoms with Gasteiger partial charge in [0, 0.05) is 6.07 Å². The molecule has 2 rings (SSSR count). The lowest BCUT2D eigenvalue weighted by molar-refractivity contribution is 0.395. The van der Waals surface area contributed by atoms with Crippen molar-refractivity contribution in [1.82, 2.24) is 9.97 Å². The van der Waals surface area contributed by atoms with Gasteiger partial charge in [0.15, 0.2) is 11.6 Å². The largest absolute Gasteiger partial charge is 0.433 e. The second-order valence-electron chi connectivity index (χ2n) is 2.64. The fourth-order valence-corrected chi connectivity index (χ4v) is 0.989. The summed E-state index contributed by atoms with van der Waals surface area (Å²) in [6.07, 6.45) is 3.61. The van der Waals surface area contributed by atoms with Crippen molar-refractivity contribution in [3.8, 4) is 11.6 Å². The molecule has 0 unspecified atom stereocenters. The van der Waals surface area contributed by atoms with Crippen LogP contribution >= 0.6 is 0 Å². The van der Waals surface area contributed by atoms with Crippen molar-refractivity contribution in [2.75, 3.05) is 0 Å². The Balaban J connectivity index is 2.32. The maximum Gasteiger partial charge on any atom is 0.223 e. The first-order valence-corrected chi connectivity index (χ1v) is 4.07. The van der Waals surface area contributed by atoms with Crippen LogP contribution in [0.2, 0.25) is 0 Å². The second-order valence-corrected chi connectivity index (χ2v) is 2.64. The normalized spacial score (nSPS) is 10.0. The van der Waals surface area contributed by atoms with E-state index in [1.807, 2.05) is 0 Å². The van der Waals surface area contributed by atoms with Gasteiger partial charge in [0.05, 0.1) is 6.20 Å². The molecule has 1 heterocycles. The average molecular weight is 207 g/mol. The summed E-state index contributed by atoms with van der Waals surface area (Å²) in [6, 6.07) is 4.74. The van der Waals surface area contributed by atoms with Crippen LogP contribution in [-0.4, -0.2) is 9.97 Å². The molecule has 0 aliphatic heterocycles. The van der Waals surface area contributed by atoms with E-state index in [1.165, 1.54) is 18.5 Å². The highest BCUT2D eigenvalue weighted by Gasteiger charge is 2.10. The highest BCUT2D eigenvalue weighted by Crippen LogP contribution is 2.25. The van der Waals surface area contributed by atoms with Gasteiger partial charge in [-0.1, -0.05) is 6.07 Å². The molecule has 0 N–H and O–H groups in total. The predicted molar refractivity (Wildman–Crippen MR) is 47.3 cm³/mol. The van der Waals surface area contributed by atoms with Gasteiger partial charge in [-0.3, -0.25) is 0 Å². The van der Waals surface area contributed by atoms with Crippen LogP contribution < -0.4 is 4.74 Å². The highest BCUT2D eigenvalue weighted by atomic mass is 19.1. The van der Waals surface area contributed by atoms with Gasteiger partial charge in [0.1, 0.15) is 6.33 Å². The maximum atomic E-state index is 13.1. The molecule has 0 fully saturated rings. The number of ether oxygens (including phenoxy) is 1. The molecular weight excluding hydrogens is 202 g/mol. The van der Waals surface area contributed by atoms with E-state index in [2.05, 4.69) is 16.2 Å². The average Bonchev–Trinajstić information content (AvgIpc) is 2.25. The highest BCUT2D eigenvalue weighted by molar-refractivity contribution is 5.29. The van der Waals surface area contributed by atoms with E-state index >= 15 is 0 Å². The van der Waals surface area contributed by atoms with Crippen molar-refractivity contribution >= 4 is 0 Å². The first-order chi connectivity index (χ1) is 7.27. The zero-order valence-corrected chi connectivity index (χ0v) is 7.45. The van der Waals surface area contributed by atoms with Gasteiger partial charge in [-0.25, -0.2) is 18.7 Å². The van der Waals surface area contributed by atoms with Crippen LogP contribution in [0.4, 0.5) is 8.78 Å². The van der Waals surface area contributed by atoms with Gasteiger partial charge >= 0.3 is 0 Å². The molecule has 0 saturated heterocycles. The Bertz CT molecular complexity index is 442. The summed E-state index contributed by atoms with van der Waals surface area (Å²) >= 11 is 0. The number of nitrogens with zero attached hydrogens (tertiary/aromatic N) is 2. The van der Waals surface area contributed by atoms with Gasteiger partial charge in [-0.2, -0.15) is 0 Å². The van der Waals surface area contributed by atoms with E-state index in [-0.39, 0.29) is 5.88 Å². The van der Waals surface area contributed by atoms with Crippen LogP contribution in [0.3, 0.4) is 0 Å². The smallest absolute Gasteiger partial charge is 0.223 e. The van der Waals surface area contributed by atoms with E-state index in [4.69, 9.17) is 4.74 Å². The molecule has 0 spiro atoms. The van der Waals surface area contributed by atoms with Gasteiger partial charge in [0.25, 0.3) is 0 Å². The lowest BCUT2D eigenvalue weighted by atomic mass is 10.3. The number of para-hydroxylation sites is 1. The Hall–Kier alpha value is -2.04. The first-order valence-electron chi connectivity index (χ1n) is 4.07. The molecule has 1 aromatic heterocycles. The molecule has 0 saturated carbocycles. The number of halogens is 2. The minimum atomic E-state index is -0.784. The van der Waals surface area contributed by atoms with Crippen molar-refractivity contribution < 1.29 is 13.5 Å². The van der Waals surface area contributed by atoms with Crippen molar-refractivity contribution in [2.24, 2.45) is 0 Å². The summed E-state index contributed by atoms with van der Waals surface area (Å²) in [5.41, 5.74) is 0. The van der Waals surface area contributed by atoms with Crippen LogP contribution in [0, 0.1) is 17.8 Å². The van der Waals surface area contributed by atoms with Gasteiger partial charge in [0.2, 0.25) is 11.6 Å². The van der Waals surface area contributed by atoms with Gasteiger partial charge in [-0.15, -0.1) is 0 Å². The predicted octanol–water partition coefficient (Wildman–Crippen LogP) is 2.35. The van der Waals surface area contributed by atoms with Crippen molar-refractivity contribution in [1.29, 1.82) is 0 Å². The Labute approximate surface area is 84.4 Å². The number of hydrogen-bond acceptors (Lipinski definition) is 3. The number of hydrogen-bond donors (Lipinski definition) is 0. The number of rotatable bonds is 2. The van der Waals surface area contributed by atoms with Gasteiger partial charge in [-0.05, 0) is 12.1 Å². The molecule has 1 aromatic carbocycles. The standard InChI is InChI=1S/C10H5F2N2O/c11-7-2-1-3-8(12)10(7)15-9-4-5-13-6-14-9/h1-4,6H. The van der Waals surface area contributed by atoms with E-state index in [1.54, 1.807) is 0 Å². The third-order valence-electron chi connectivity index (χ3n) is 1.63. The van der Waals surface area contributed by atoms with Crippen LogP contribution in [-0.2, 0) is 0 Å².